The molecule has 0 saturated carbocycles. The van der Waals surface area contributed by atoms with Gasteiger partial charge in [0, 0.05) is 0 Å². The van der Waals surface area contributed by atoms with E-state index in [0.717, 1.165) is 16.9 Å². The van der Waals surface area contributed by atoms with E-state index < -0.39 is 0 Å². The molecule has 30 heavy (non-hydrogen) atoms. The van der Waals surface area contributed by atoms with Gasteiger partial charge in [0.25, 0.3) is 5.91 Å². The molecule has 0 spiro atoms. The second kappa shape index (κ2) is 9.28. The van der Waals surface area contributed by atoms with Gasteiger partial charge in [-0.05, 0) is 47.4 Å². The van der Waals surface area contributed by atoms with Crippen LogP contribution in [0.1, 0.15) is 22.3 Å². The molecule has 0 atom stereocenters. The van der Waals surface area contributed by atoms with Crippen LogP contribution in [-0.4, -0.2) is 15.1 Å². The molecule has 4 rings (SSSR count). The predicted octanol–water partition coefficient (Wildman–Crippen LogP) is 5.98. The van der Waals surface area contributed by atoms with Crippen LogP contribution in [0, 0.1) is 6.92 Å². The van der Waals surface area contributed by atoms with Gasteiger partial charge in [0.15, 0.2) is 0 Å². The number of hydrogen-bond donors (Lipinski definition) is 0. The van der Waals surface area contributed by atoms with E-state index in [-0.39, 0.29) is 5.91 Å². The zero-order valence-corrected chi connectivity index (χ0v) is 18.2. The predicted molar refractivity (Wildman–Crippen MR) is 127 cm³/mol. The molecule has 0 bridgehead atoms. The summed E-state index contributed by atoms with van der Waals surface area (Å²) in [5.74, 6) is 0.751. The van der Waals surface area contributed by atoms with E-state index in [1.165, 1.54) is 22.9 Å². The normalized spacial score (nSPS) is 15.1. The monoisotopic (exact) mass is 431 g/mol. The minimum atomic E-state index is -0.0475. The van der Waals surface area contributed by atoms with E-state index in [2.05, 4.69) is 19.1 Å². The number of carbonyl (C=O) groups excluding carboxylic acids is 1. The minimum Gasteiger partial charge on any atom is -0.489 e. The summed E-state index contributed by atoms with van der Waals surface area (Å²) >= 11 is 6.78. The maximum absolute atomic E-state index is 12.8. The molecular weight excluding hydrogens is 410 g/mol. The maximum Gasteiger partial charge on any atom is 0.266 e. The molecule has 1 heterocycles. The quantitative estimate of drug-likeness (QED) is 0.355. The van der Waals surface area contributed by atoms with Gasteiger partial charge in [-0.1, -0.05) is 90.7 Å². The summed E-state index contributed by atoms with van der Waals surface area (Å²) in [4.78, 5) is 15.1. The number of aryl methyl sites for hydroxylation is 1. The molecule has 5 heteroatoms. The van der Waals surface area contributed by atoms with Gasteiger partial charge in [-0.15, -0.1) is 0 Å². The second-order valence-corrected chi connectivity index (χ2v) is 8.71. The summed E-state index contributed by atoms with van der Waals surface area (Å²) in [5, 5.41) is 0. The van der Waals surface area contributed by atoms with Crippen LogP contribution in [0.15, 0.2) is 83.8 Å². The molecule has 0 aromatic heterocycles. The van der Waals surface area contributed by atoms with Crippen molar-refractivity contribution < 1.29 is 9.53 Å². The minimum absolute atomic E-state index is 0.0475. The van der Waals surface area contributed by atoms with Crippen molar-refractivity contribution in [2.24, 2.45) is 0 Å². The Morgan fingerprint density at radius 2 is 1.67 bits per heavy atom. The Morgan fingerprint density at radius 3 is 2.40 bits per heavy atom. The van der Waals surface area contributed by atoms with Crippen molar-refractivity contribution in [2.75, 3.05) is 0 Å². The van der Waals surface area contributed by atoms with Gasteiger partial charge in [-0.3, -0.25) is 9.69 Å². The van der Waals surface area contributed by atoms with Gasteiger partial charge >= 0.3 is 0 Å². The molecule has 3 nitrogen and oxygen atoms in total. The Balaban J connectivity index is 1.41. The van der Waals surface area contributed by atoms with E-state index in [9.17, 15) is 4.79 Å². The lowest BCUT2D eigenvalue weighted by Gasteiger charge is -2.14. The van der Waals surface area contributed by atoms with Crippen LogP contribution < -0.4 is 4.74 Å². The number of amides is 1. The van der Waals surface area contributed by atoms with Gasteiger partial charge in [0.1, 0.15) is 16.7 Å². The number of nitrogens with zero attached hydrogens (tertiary/aromatic N) is 1. The number of ether oxygens (including phenoxy) is 1. The van der Waals surface area contributed by atoms with Crippen LogP contribution in [0.25, 0.3) is 6.08 Å². The lowest BCUT2D eigenvalue weighted by Crippen LogP contribution is -2.27. The average Bonchev–Trinajstić information content (AvgIpc) is 3.02. The van der Waals surface area contributed by atoms with E-state index in [1.807, 2.05) is 72.8 Å². The standard InChI is InChI=1S/C25H21NO2S2/c1-18-7-5-6-10-21(18)17-28-22-13-11-19(12-14-22)15-23-24(27)26(25(29)30-23)16-20-8-3-2-4-9-20/h2-15H,16-17H2,1H3/b23-15-. The van der Waals surface area contributed by atoms with Crippen molar-refractivity contribution in [1.82, 2.24) is 4.90 Å². The molecule has 150 valence electrons. The average molecular weight is 432 g/mol. The number of hydrogen-bond acceptors (Lipinski definition) is 4. The highest BCUT2D eigenvalue weighted by Gasteiger charge is 2.31. The summed E-state index contributed by atoms with van der Waals surface area (Å²) in [5.41, 5.74) is 4.39. The number of thioether (sulfide) groups is 1. The van der Waals surface area contributed by atoms with E-state index in [0.29, 0.717) is 22.4 Å². The largest absolute Gasteiger partial charge is 0.489 e. The Hall–Kier alpha value is -2.89. The summed E-state index contributed by atoms with van der Waals surface area (Å²) in [7, 11) is 0. The fraction of sp³-hybridized carbons (Fsp3) is 0.120. The van der Waals surface area contributed by atoms with E-state index >= 15 is 0 Å². The Kier molecular flexibility index (Phi) is 6.31. The van der Waals surface area contributed by atoms with Gasteiger partial charge < -0.3 is 4.74 Å². The Morgan fingerprint density at radius 1 is 0.967 bits per heavy atom. The number of carbonyl (C=O) groups is 1. The molecule has 0 unspecified atom stereocenters. The van der Waals surface area contributed by atoms with Gasteiger partial charge in [0.05, 0.1) is 11.4 Å². The second-order valence-electron chi connectivity index (χ2n) is 7.04. The number of benzene rings is 3. The smallest absolute Gasteiger partial charge is 0.266 e. The van der Waals surface area contributed by atoms with Gasteiger partial charge in [0.2, 0.25) is 0 Å². The molecular formula is C25H21NO2S2. The highest BCUT2D eigenvalue weighted by atomic mass is 32.2. The van der Waals surface area contributed by atoms with Crippen molar-refractivity contribution in [1.29, 1.82) is 0 Å². The third kappa shape index (κ3) is 4.81. The lowest BCUT2D eigenvalue weighted by atomic mass is 10.1. The van der Waals surface area contributed by atoms with E-state index in [1.54, 1.807) is 4.90 Å². The summed E-state index contributed by atoms with van der Waals surface area (Å²) in [6.07, 6.45) is 1.88. The fourth-order valence-electron chi connectivity index (χ4n) is 3.15. The van der Waals surface area contributed by atoms with Crippen LogP contribution in [-0.2, 0) is 17.9 Å². The summed E-state index contributed by atoms with van der Waals surface area (Å²) < 4.78 is 6.49. The first-order valence-corrected chi connectivity index (χ1v) is 10.9. The van der Waals surface area contributed by atoms with Crippen LogP contribution in [0.3, 0.4) is 0 Å². The lowest BCUT2D eigenvalue weighted by molar-refractivity contribution is -0.122. The van der Waals surface area contributed by atoms with Crippen molar-refractivity contribution in [3.8, 4) is 5.75 Å². The molecule has 0 aliphatic carbocycles. The molecule has 1 saturated heterocycles. The maximum atomic E-state index is 12.8. The molecule has 0 radical (unpaired) electrons. The van der Waals surface area contributed by atoms with E-state index in [4.69, 9.17) is 17.0 Å². The van der Waals surface area contributed by atoms with Crippen molar-refractivity contribution in [3.05, 3.63) is 106 Å². The first kappa shape index (κ1) is 20.4. The fourth-order valence-corrected chi connectivity index (χ4v) is 4.40. The van der Waals surface area contributed by atoms with Crippen LogP contribution >= 0.6 is 24.0 Å². The molecule has 0 N–H and O–H groups in total. The SMILES string of the molecule is Cc1ccccc1COc1ccc(/C=C2\SC(=S)N(Cc3ccccc3)C2=O)cc1. The molecule has 3 aromatic carbocycles. The Bertz CT molecular complexity index is 1090. The van der Waals surface area contributed by atoms with Crippen molar-refractivity contribution >= 4 is 40.3 Å². The van der Waals surface area contributed by atoms with Crippen LogP contribution in [0.2, 0.25) is 0 Å². The zero-order chi connectivity index (χ0) is 20.9. The molecule has 1 aliphatic heterocycles. The van der Waals surface area contributed by atoms with Gasteiger partial charge in [-0.25, -0.2) is 0 Å². The van der Waals surface area contributed by atoms with Gasteiger partial charge in [-0.2, -0.15) is 0 Å². The number of thiocarbonyl (C=S) groups is 1. The third-order valence-electron chi connectivity index (χ3n) is 4.89. The Labute approximate surface area is 186 Å². The topological polar surface area (TPSA) is 29.5 Å². The molecule has 1 fully saturated rings. The highest BCUT2D eigenvalue weighted by molar-refractivity contribution is 8.26. The highest BCUT2D eigenvalue weighted by Crippen LogP contribution is 2.33. The molecule has 1 amide bonds. The first-order valence-electron chi connectivity index (χ1n) is 9.67. The first-order chi connectivity index (χ1) is 14.6. The molecule has 3 aromatic rings. The summed E-state index contributed by atoms with van der Waals surface area (Å²) in [6, 6.07) is 25.8. The van der Waals surface area contributed by atoms with Crippen molar-refractivity contribution in [3.63, 3.8) is 0 Å². The van der Waals surface area contributed by atoms with Crippen molar-refractivity contribution in [2.45, 2.75) is 20.1 Å². The zero-order valence-electron chi connectivity index (χ0n) is 16.6. The van der Waals surface area contributed by atoms with Crippen LogP contribution in [0.4, 0.5) is 0 Å². The number of rotatable bonds is 6. The third-order valence-corrected chi connectivity index (χ3v) is 6.27. The molecule has 1 aliphatic rings. The van der Waals surface area contributed by atoms with Crippen LogP contribution in [0.5, 0.6) is 5.75 Å². The summed E-state index contributed by atoms with van der Waals surface area (Å²) in [6.45, 7) is 3.11.